The molecule has 0 atom stereocenters. The smallest absolute Gasteiger partial charge is 0.336 e. The zero-order chi connectivity index (χ0) is 21.1. The van der Waals surface area contributed by atoms with Gasteiger partial charge in [0.05, 0.1) is 22.4 Å². The minimum absolute atomic E-state index is 0.261. The molecule has 0 spiro atoms. The first-order chi connectivity index (χ1) is 13.8. The lowest BCUT2D eigenvalue weighted by Crippen LogP contribution is -2.18. The summed E-state index contributed by atoms with van der Waals surface area (Å²) in [6.45, 7) is 5.63. The fraction of sp³-hybridized carbons (Fsp3) is 0.136. The molecule has 1 aromatic heterocycles. The first kappa shape index (κ1) is 20.4. The summed E-state index contributed by atoms with van der Waals surface area (Å²) in [5, 5.41) is 13.8. The fourth-order valence-electron chi connectivity index (χ4n) is 3.25. The second kappa shape index (κ2) is 8.32. The summed E-state index contributed by atoms with van der Waals surface area (Å²) in [7, 11) is 0. The van der Waals surface area contributed by atoms with E-state index in [0.29, 0.717) is 16.1 Å². The van der Waals surface area contributed by atoms with Crippen LogP contribution in [-0.2, 0) is 0 Å². The summed E-state index contributed by atoms with van der Waals surface area (Å²) >= 11 is 6.02. The van der Waals surface area contributed by atoms with E-state index in [1.807, 2.05) is 30.5 Å². The van der Waals surface area contributed by atoms with Gasteiger partial charge in [-0.2, -0.15) is 5.10 Å². The average molecular weight is 410 g/mol. The van der Waals surface area contributed by atoms with Crippen molar-refractivity contribution in [3.8, 4) is 5.69 Å². The summed E-state index contributed by atoms with van der Waals surface area (Å²) < 4.78 is 1.97. The summed E-state index contributed by atoms with van der Waals surface area (Å²) in [6, 6.07) is 13.8. The van der Waals surface area contributed by atoms with Crippen LogP contribution in [0.5, 0.6) is 0 Å². The highest BCUT2D eigenvalue weighted by atomic mass is 35.5. The molecular formula is C22H20ClN3O3. The number of aryl methyl sites for hydroxylation is 1. The Balaban J connectivity index is 1.88. The summed E-state index contributed by atoms with van der Waals surface area (Å²) in [6.07, 6.45) is 1.56. The normalized spacial score (nSPS) is 11.0. The van der Waals surface area contributed by atoms with Gasteiger partial charge in [0.15, 0.2) is 0 Å². The Labute approximate surface area is 173 Å². The number of carbonyl (C=O) groups excluding carboxylic acids is 1. The van der Waals surface area contributed by atoms with Gasteiger partial charge in [-0.1, -0.05) is 29.8 Å². The van der Waals surface area contributed by atoms with Gasteiger partial charge in [-0.3, -0.25) is 4.79 Å². The fourth-order valence-corrected chi connectivity index (χ4v) is 3.47. The molecule has 0 aliphatic rings. The molecule has 6 nitrogen and oxygen atoms in total. The van der Waals surface area contributed by atoms with Crippen LogP contribution in [0.1, 0.15) is 43.2 Å². The number of nitrogens with zero attached hydrogens (tertiary/aromatic N) is 2. The van der Waals surface area contributed by atoms with Crippen molar-refractivity contribution in [2.24, 2.45) is 5.10 Å². The molecular weight excluding hydrogens is 390 g/mol. The molecule has 0 aliphatic carbocycles. The van der Waals surface area contributed by atoms with Crippen molar-refractivity contribution < 1.29 is 14.7 Å². The van der Waals surface area contributed by atoms with E-state index in [0.717, 1.165) is 22.6 Å². The van der Waals surface area contributed by atoms with Crippen molar-refractivity contribution in [1.29, 1.82) is 0 Å². The van der Waals surface area contributed by atoms with E-state index in [9.17, 15) is 14.7 Å². The van der Waals surface area contributed by atoms with Crippen LogP contribution >= 0.6 is 11.6 Å². The van der Waals surface area contributed by atoms with Gasteiger partial charge in [-0.05, 0) is 56.7 Å². The predicted octanol–water partition coefficient (Wildman–Crippen LogP) is 4.52. The quantitative estimate of drug-likeness (QED) is 0.480. The van der Waals surface area contributed by atoms with Crippen molar-refractivity contribution >= 4 is 29.7 Å². The van der Waals surface area contributed by atoms with Crippen molar-refractivity contribution in [3.05, 3.63) is 87.2 Å². The number of carbonyl (C=O) groups is 2. The van der Waals surface area contributed by atoms with Crippen molar-refractivity contribution in [2.75, 3.05) is 0 Å². The Morgan fingerprint density at radius 3 is 2.45 bits per heavy atom. The number of aromatic nitrogens is 1. The monoisotopic (exact) mass is 409 g/mol. The lowest BCUT2D eigenvalue weighted by Gasteiger charge is -2.14. The minimum Gasteiger partial charge on any atom is -0.478 e. The Morgan fingerprint density at radius 2 is 1.76 bits per heavy atom. The van der Waals surface area contributed by atoms with Gasteiger partial charge in [0, 0.05) is 22.6 Å². The minimum atomic E-state index is -0.962. The molecule has 0 radical (unpaired) electrons. The molecule has 7 heteroatoms. The molecule has 29 heavy (non-hydrogen) atoms. The Morgan fingerprint density at radius 1 is 1.07 bits per heavy atom. The number of carboxylic acid groups (broad SMARTS) is 1. The van der Waals surface area contributed by atoms with Gasteiger partial charge in [-0.25, -0.2) is 10.2 Å². The van der Waals surface area contributed by atoms with Crippen LogP contribution in [0.25, 0.3) is 5.69 Å². The van der Waals surface area contributed by atoms with Gasteiger partial charge >= 0.3 is 5.97 Å². The molecule has 1 amide bonds. The standard InChI is InChI=1S/C22H20ClN3O3/c1-13-11-16(12-24-25-21(27)18-7-4-5-9-19(18)23)15(3)26(13)20-10-6-8-17(14(20)2)22(28)29/h4-12H,1-3H3,(H,25,27)(H,28,29)/b24-12+. The van der Waals surface area contributed by atoms with E-state index in [-0.39, 0.29) is 5.56 Å². The molecule has 0 saturated heterocycles. The topological polar surface area (TPSA) is 83.7 Å². The maximum absolute atomic E-state index is 12.2. The summed E-state index contributed by atoms with van der Waals surface area (Å²) in [5.74, 6) is -1.36. The zero-order valence-electron chi connectivity index (χ0n) is 16.2. The van der Waals surface area contributed by atoms with Gasteiger partial charge < -0.3 is 9.67 Å². The van der Waals surface area contributed by atoms with E-state index in [4.69, 9.17) is 11.6 Å². The molecule has 2 N–H and O–H groups in total. The number of hydrogen-bond donors (Lipinski definition) is 2. The first-order valence-electron chi connectivity index (χ1n) is 8.91. The lowest BCUT2D eigenvalue weighted by atomic mass is 10.1. The van der Waals surface area contributed by atoms with Crippen molar-refractivity contribution in [1.82, 2.24) is 9.99 Å². The summed E-state index contributed by atoms with van der Waals surface area (Å²) in [5.41, 5.74) is 7.16. The average Bonchev–Trinajstić information content (AvgIpc) is 2.95. The van der Waals surface area contributed by atoms with Crippen LogP contribution in [0, 0.1) is 20.8 Å². The number of halogens is 1. The molecule has 3 rings (SSSR count). The third-order valence-electron chi connectivity index (χ3n) is 4.74. The Bertz CT molecular complexity index is 1130. The molecule has 0 aliphatic heterocycles. The van der Waals surface area contributed by atoms with Crippen LogP contribution < -0.4 is 5.43 Å². The molecule has 3 aromatic rings. The van der Waals surface area contributed by atoms with Crippen molar-refractivity contribution in [3.63, 3.8) is 0 Å². The second-order valence-corrected chi connectivity index (χ2v) is 7.00. The molecule has 148 valence electrons. The van der Waals surface area contributed by atoms with E-state index >= 15 is 0 Å². The molecule has 0 fully saturated rings. The van der Waals surface area contributed by atoms with Crippen LogP contribution in [0.15, 0.2) is 53.6 Å². The van der Waals surface area contributed by atoms with E-state index in [2.05, 4.69) is 10.5 Å². The number of hydrogen-bond acceptors (Lipinski definition) is 3. The lowest BCUT2D eigenvalue weighted by molar-refractivity contribution is 0.0695. The first-order valence-corrected chi connectivity index (χ1v) is 9.29. The number of hydrazone groups is 1. The Hall–Kier alpha value is -3.38. The molecule has 0 unspecified atom stereocenters. The van der Waals surface area contributed by atoms with Gasteiger partial charge in [0.25, 0.3) is 5.91 Å². The summed E-state index contributed by atoms with van der Waals surface area (Å²) in [4.78, 5) is 23.7. The molecule has 0 saturated carbocycles. The highest BCUT2D eigenvalue weighted by molar-refractivity contribution is 6.33. The highest BCUT2D eigenvalue weighted by Gasteiger charge is 2.15. The van der Waals surface area contributed by atoms with Crippen LogP contribution in [0.3, 0.4) is 0 Å². The van der Waals surface area contributed by atoms with Crippen LogP contribution in [0.2, 0.25) is 5.02 Å². The van der Waals surface area contributed by atoms with Gasteiger partial charge in [0.1, 0.15) is 0 Å². The number of carboxylic acids is 1. The van der Waals surface area contributed by atoms with Crippen molar-refractivity contribution in [2.45, 2.75) is 20.8 Å². The molecule has 2 aromatic carbocycles. The van der Waals surface area contributed by atoms with Gasteiger partial charge in [0.2, 0.25) is 0 Å². The number of benzene rings is 2. The third kappa shape index (κ3) is 4.07. The predicted molar refractivity (Wildman–Crippen MR) is 113 cm³/mol. The highest BCUT2D eigenvalue weighted by Crippen LogP contribution is 2.24. The maximum atomic E-state index is 12.2. The second-order valence-electron chi connectivity index (χ2n) is 6.60. The van der Waals surface area contributed by atoms with Crippen LogP contribution in [0.4, 0.5) is 0 Å². The van der Waals surface area contributed by atoms with E-state index in [1.165, 1.54) is 0 Å². The maximum Gasteiger partial charge on any atom is 0.336 e. The third-order valence-corrected chi connectivity index (χ3v) is 5.06. The number of rotatable bonds is 5. The Kier molecular flexibility index (Phi) is 5.84. The SMILES string of the molecule is Cc1c(C(=O)O)cccc1-n1c(C)cc(/C=N/NC(=O)c2ccccc2Cl)c1C. The van der Waals surface area contributed by atoms with E-state index < -0.39 is 11.9 Å². The number of nitrogens with one attached hydrogen (secondary N) is 1. The van der Waals surface area contributed by atoms with E-state index in [1.54, 1.807) is 49.5 Å². The number of aromatic carboxylic acids is 1. The van der Waals surface area contributed by atoms with Gasteiger partial charge in [-0.15, -0.1) is 0 Å². The molecule has 1 heterocycles. The van der Waals surface area contributed by atoms with Crippen LogP contribution in [-0.4, -0.2) is 27.8 Å². The molecule has 0 bridgehead atoms. The number of amides is 1. The largest absolute Gasteiger partial charge is 0.478 e. The zero-order valence-corrected chi connectivity index (χ0v) is 17.0.